The quantitative estimate of drug-likeness (QED) is 0.0264. The smallest absolute Gasteiger partial charge is 0.462 e. The number of esters is 2. The summed E-state index contributed by atoms with van der Waals surface area (Å²) in [6.45, 7) is 3.68. The minimum Gasteiger partial charge on any atom is -0.462 e. The predicted molar refractivity (Wildman–Crippen MR) is 330 cm³/mol. The van der Waals surface area contributed by atoms with Crippen LogP contribution in [0, 0.1) is 0 Å². The zero-order chi connectivity index (χ0) is 55.9. The molecule has 0 bridgehead atoms. The van der Waals surface area contributed by atoms with Crippen molar-refractivity contribution in [1.29, 1.82) is 0 Å². The normalized spacial score (nSPS) is 13.4. The second-order valence-corrected chi connectivity index (χ2v) is 23.4. The molecule has 0 aromatic carbocycles. The van der Waals surface area contributed by atoms with Crippen molar-refractivity contribution in [2.24, 2.45) is 5.73 Å². The van der Waals surface area contributed by atoms with Gasteiger partial charge in [-0.05, 0) is 57.8 Å². The van der Waals surface area contributed by atoms with Gasteiger partial charge in [-0.25, -0.2) is 4.57 Å². The summed E-state index contributed by atoms with van der Waals surface area (Å²) in [5, 5.41) is 0. The molecule has 0 saturated carbocycles. The highest BCUT2D eigenvalue weighted by molar-refractivity contribution is 7.47. The molecule has 450 valence electrons. The average molecular weight is 1100 g/mol. The minimum absolute atomic E-state index is 0.0527. The summed E-state index contributed by atoms with van der Waals surface area (Å²) in [5.41, 5.74) is 5.40. The van der Waals surface area contributed by atoms with Gasteiger partial charge in [-0.15, -0.1) is 0 Å². The van der Waals surface area contributed by atoms with Crippen molar-refractivity contribution in [3.8, 4) is 0 Å². The van der Waals surface area contributed by atoms with Gasteiger partial charge in [-0.1, -0.05) is 312 Å². The van der Waals surface area contributed by atoms with Crippen molar-refractivity contribution >= 4 is 19.8 Å². The fraction of sp³-hybridized carbons (Fsp3) is 0.821. The van der Waals surface area contributed by atoms with Crippen LogP contribution < -0.4 is 5.73 Å². The molecule has 10 heteroatoms. The number of hydrogen-bond acceptors (Lipinski definition) is 8. The first-order valence-corrected chi connectivity index (χ1v) is 34.3. The van der Waals surface area contributed by atoms with Crippen LogP contribution in [0.1, 0.15) is 322 Å². The van der Waals surface area contributed by atoms with Crippen LogP contribution in [0.5, 0.6) is 0 Å². The van der Waals surface area contributed by atoms with E-state index in [1.165, 1.54) is 212 Å². The van der Waals surface area contributed by atoms with Crippen LogP contribution in [0.2, 0.25) is 0 Å². The van der Waals surface area contributed by atoms with Crippen LogP contribution in [-0.2, 0) is 32.7 Å². The van der Waals surface area contributed by atoms with E-state index in [0.29, 0.717) is 6.42 Å². The Kier molecular flexibility index (Phi) is 61.0. The zero-order valence-electron chi connectivity index (χ0n) is 50.4. The molecule has 0 aliphatic rings. The fourth-order valence-corrected chi connectivity index (χ4v) is 10.4. The van der Waals surface area contributed by atoms with Crippen molar-refractivity contribution in [1.82, 2.24) is 0 Å². The number of ether oxygens (including phenoxy) is 2. The number of phosphoric ester groups is 1. The first-order valence-electron chi connectivity index (χ1n) is 32.8. The molecular weight excluding hydrogens is 978 g/mol. The Labute approximate surface area is 476 Å². The Balaban J connectivity index is 3.89. The first-order chi connectivity index (χ1) is 37.8. The lowest BCUT2D eigenvalue weighted by atomic mass is 10.0. The van der Waals surface area contributed by atoms with Gasteiger partial charge in [0.25, 0.3) is 0 Å². The third-order valence-corrected chi connectivity index (χ3v) is 15.4. The highest BCUT2D eigenvalue weighted by Gasteiger charge is 2.26. The molecule has 9 nitrogen and oxygen atoms in total. The molecule has 0 spiro atoms. The van der Waals surface area contributed by atoms with Gasteiger partial charge in [0.2, 0.25) is 0 Å². The van der Waals surface area contributed by atoms with Crippen LogP contribution in [0.3, 0.4) is 0 Å². The number of rotatable bonds is 62. The monoisotopic (exact) mass is 1100 g/mol. The number of carbonyl (C=O) groups is 2. The summed E-state index contributed by atoms with van der Waals surface area (Å²) in [6, 6.07) is 0. The number of nitrogens with two attached hydrogens (primary N) is 1. The molecule has 2 unspecified atom stereocenters. The van der Waals surface area contributed by atoms with E-state index in [9.17, 15) is 19.0 Å². The van der Waals surface area contributed by atoms with E-state index in [1.807, 2.05) is 0 Å². The lowest BCUT2D eigenvalue weighted by molar-refractivity contribution is -0.161. The van der Waals surface area contributed by atoms with Gasteiger partial charge in [0, 0.05) is 19.4 Å². The van der Waals surface area contributed by atoms with Gasteiger partial charge in [0.15, 0.2) is 6.10 Å². The standard InChI is InChI=1S/C67H124NO8P/c1-3-5-7-9-11-13-15-17-19-21-23-25-27-29-31-32-34-35-37-39-41-43-45-47-49-51-53-55-57-59-66(69)73-63-65(64-75-77(71,72)74-62-61-68)76-67(70)60-58-56-54-52-50-48-46-44-42-40-38-36-33-30-28-26-24-22-20-18-16-14-12-10-8-6-4-2/h6,8,12,14,18,20,24,26,30,33,65H,3-5,7,9-11,13,15-17,19,21-23,25,27-29,31-32,34-64,68H2,1-2H3,(H,71,72)/b8-6-,14-12-,20-18-,26-24-,33-30-. The lowest BCUT2D eigenvalue weighted by Crippen LogP contribution is -2.29. The van der Waals surface area contributed by atoms with E-state index in [4.69, 9.17) is 24.3 Å². The zero-order valence-corrected chi connectivity index (χ0v) is 51.3. The van der Waals surface area contributed by atoms with Crippen LogP contribution in [0.25, 0.3) is 0 Å². The molecule has 0 saturated heterocycles. The molecule has 0 radical (unpaired) electrons. The van der Waals surface area contributed by atoms with Crippen molar-refractivity contribution in [2.45, 2.75) is 328 Å². The van der Waals surface area contributed by atoms with E-state index in [0.717, 1.165) is 77.0 Å². The molecule has 0 fully saturated rings. The first kappa shape index (κ1) is 74.7. The van der Waals surface area contributed by atoms with Crippen LogP contribution >= 0.6 is 7.82 Å². The maximum absolute atomic E-state index is 12.7. The average Bonchev–Trinajstić information content (AvgIpc) is 3.42. The highest BCUT2D eigenvalue weighted by Crippen LogP contribution is 2.43. The number of hydrogen-bond donors (Lipinski definition) is 2. The number of carbonyl (C=O) groups excluding carboxylic acids is 2. The maximum atomic E-state index is 12.7. The van der Waals surface area contributed by atoms with Crippen molar-refractivity contribution in [2.75, 3.05) is 26.4 Å². The summed E-state index contributed by atoms with van der Waals surface area (Å²) in [6.07, 6.45) is 80.2. The highest BCUT2D eigenvalue weighted by atomic mass is 31.2. The van der Waals surface area contributed by atoms with Crippen molar-refractivity contribution in [3.63, 3.8) is 0 Å². The van der Waals surface area contributed by atoms with Crippen LogP contribution in [0.15, 0.2) is 60.8 Å². The summed E-state index contributed by atoms with van der Waals surface area (Å²) in [5.74, 6) is -0.817. The maximum Gasteiger partial charge on any atom is 0.472 e. The predicted octanol–water partition coefficient (Wildman–Crippen LogP) is 21.1. The lowest BCUT2D eigenvalue weighted by Gasteiger charge is -2.19. The molecule has 0 heterocycles. The molecule has 0 rings (SSSR count). The van der Waals surface area contributed by atoms with Crippen LogP contribution in [-0.4, -0.2) is 49.3 Å². The minimum atomic E-state index is -4.39. The molecule has 77 heavy (non-hydrogen) atoms. The Morgan fingerprint density at radius 2 is 0.714 bits per heavy atom. The number of phosphoric acid groups is 1. The van der Waals surface area contributed by atoms with Crippen molar-refractivity contribution < 1.29 is 37.6 Å². The van der Waals surface area contributed by atoms with Gasteiger partial charge < -0.3 is 20.1 Å². The topological polar surface area (TPSA) is 134 Å². The summed E-state index contributed by atoms with van der Waals surface area (Å²) in [4.78, 5) is 35.3. The number of unbranched alkanes of at least 4 members (excludes halogenated alkanes) is 39. The Morgan fingerprint density at radius 3 is 1.06 bits per heavy atom. The third-order valence-electron chi connectivity index (χ3n) is 14.4. The fourth-order valence-electron chi connectivity index (χ4n) is 9.61. The second-order valence-electron chi connectivity index (χ2n) is 22.0. The third kappa shape index (κ3) is 62.8. The van der Waals surface area contributed by atoms with Gasteiger partial charge in [-0.3, -0.25) is 18.6 Å². The van der Waals surface area contributed by atoms with Gasteiger partial charge in [0.1, 0.15) is 6.61 Å². The van der Waals surface area contributed by atoms with E-state index in [-0.39, 0.29) is 38.6 Å². The molecule has 0 aliphatic heterocycles. The van der Waals surface area contributed by atoms with E-state index < -0.39 is 26.5 Å². The Morgan fingerprint density at radius 1 is 0.403 bits per heavy atom. The van der Waals surface area contributed by atoms with Gasteiger partial charge in [0.05, 0.1) is 13.2 Å². The molecule has 0 aromatic rings. The molecule has 0 aliphatic carbocycles. The van der Waals surface area contributed by atoms with E-state index >= 15 is 0 Å². The van der Waals surface area contributed by atoms with Crippen molar-refractivity contribution in [3.05, 3.63) is 60.8 Å². The van der Waals surface area contributed by atoms with Gasteiger partial charge >= 0.3 is 19.8 Å². The molecule has 0 amide bonds. The molecular formula is C67H124NO8P. The Hall–Kier alpha value is -2.29. The molecule has 3 N–H and O–H groups in total. The summed E-state index contributed by atoms with van der Waals surface area (Å²) >= 11 is 0. The van der Waals surface area contributed by atoms with E-state index in [2.05, 4.69) is 74.6 Å². The van der Waals surface area contributed by atoms with Gasteiger partial charge in [-0.2, -0.15) is 0 Å². The number of allylic oxidation sites excluding steroid dienone is 10. The Bertz CT molecular complexity index is 1440. The second kappa shape index (κ2) is 62.9. The van der Waals surface area contributed by atoms with Crippen LogP contribution in [0.4, 0.5) is 0 Å². The molecule has 0 aromatic heterocycles. The SMILES string of the molecule is CC/C=C\C/C=C\C/C=C\C/C=C\C/C=C\CCCCCCCCCCCCCC(=O)OC(COC(=O)CCCCCCCCCCCCCCCCCCCCCCCCCCCCCCC)COP(=O)(O)OCCN. The molecule has 2 atom stereocenters. The largest absolute Gasteiger partial charge is 0.472 e. The summed E-state index contributed by atoms with van der Waals surface area (Å²) < 4.78 is 33.1. The summed E-state index contributed by atoms with van der Waals surface area (Å²) in [7, 11) is -4.39. The van der Waals surface area contributed by atoms with E-state index in [1.54, 1.807) is 0 Å².